The summed E-state index contributed by atoms with van der Waals surface area (Å²) in [6.45, 7) is 4.54. The van der Waals surface area contributed by atoms with Gasteiger partial charge < -0.3 is 4.57 Å². The van der Waals surface area contributed by atoms with Crippen LogP contribution in [0.5, 0.6) is 0 Å². The van der Waals surface area contributed by atoms with E-state index >= 15 is 0 Å². The molecule has 0 aliphatic rings. The normalized spacial score (nSPS) is 13.2. The van der Waals surface area contributed by atoms with Crippen LogP contribution in [-0.2, 0) is 5.16 Å². The van der Waals surface area contributed by atoms with Gasteiger partial charge in [0.25, 0.3) is 0 Å². The maximum Gasteiger partial charge on any atom is 0.102 e. The number of aromatic nitrogens is 2. The van der Waals surface area contributed by atoms with Crippen molar-refractivity contribution in [2.75, 3.05) is 0 Å². The Bertz CT molecular complexity index is 740. The highest BCUT2D eigenvalue weighted by Crippen LogP contribution is 2.38. The van der Waals surface area contributed by atoms with Gasteiger partial charge >= 0.3 is 0 Å². The third kappa shape index (κ3) is 3.24. The number of nitrogens with zero attached hydrogens (tertiary/aromatic N) is 2. The second kappa shape index (κ2) is 8.12. The van der Waals surface area contributed by atoms with E-state index in [1.165, 1.54) is 17.2 Å². The zero-order valence-corrected chi connectivity index (χ0v) is 16.2. The van der Waals surface area contributed by atoms with Crippen molar-refractivity contribution in [2.24, 2.45) is 0 Å². The predicted molar refractivity (Wildman–Crippen MR) is 108 cm³/mol. The van der Waals surface area contributed by atoms with Crippen molar-refractivity contribution in [1.29, 1.82) is 0 Å². The summed E-state index contributed by atoms with van der Waals surface area (Å²) in [5.41, 5.74) is 5.21. The average Bonchev–Trinajstić information content (AvgIpc) is 3.21. The Hall–Kier alpha value is -2.39. The van der Waals surface area contributed by atoms with Gasteiger partial charge in [-0.15, -0.1) is 0 Å². The van der Waals surface area contributed by atoms with Crippen LogP contribution in [0.25, 0.3) is 0 Å². The van der Waals surface area contributed by atoms with Gasteiger partial charge in [-0.3, -0.25) is 0 Å². The molecule has 3 heteroatoms. The monoisotopic (exact) mass is 346 g/mol. The van der Waals surface area contributed by atoms with Gasteiger partial charge in [-0.1, -0.05) is 92.3 Å². The maximum atomic E-state index is 4.40. The summed E-state index contributed by atoms with van der Waals surface area (Å²) >= 11 is 0. The molecule has 0 bridgehead atoms. The van der Waals surface area contributed by atoms with Gasteiger partial charge in [-0.25, -0.2) is 4.98 Å². The van der Waals surface area contributed by atoms with Crippen LogP contribution in [0.4, 0.5) is 0 Å². The van der Waals surface area contributed by atoms with E-state index in [0.29, 0.717) is 0 Å². The second-order valence-electron chi connectivity index (χ2n) is 6.32. The van der Waals surface area contributed by atoms with Gasteiger partial charge in [0.15, 0.2) is 0 Å². The summed E-state index contributed by atoms with van der Waals surface area (Å²) in [6.07, 6.45) is 9.42. The van der Waals surface area contributed by atoms with Crippen LogP contribution in [0, 0.1) is 0 Å². The molecule has 0 aliphatic carbocycles. The van der Waals surface area contributed by atoms with Crippen molar-refractivity contribution in [3.05, 3.63) is 102 Å². The highest BCUT2D eigenvalue weighted by Gasteiger charge is 2.42. The SMILES string of the molecule is CCC=C[SiH](CC)C(c1ccccc1)(c1ccccc1)n1ccnc1. The Morgan fingerprint density at radius 1 is 0.960 bits per heavy atom. The number of hydrogen-bond acceptors (Lipinski definition) is 1. The molecule has 3 rings (SSSR count). The fourth-order valence-corrected chi connectivity index (χ4v) is 7.33. The summed E-state index contributed by atoms with van der Waals surface area (Å²) in [5, 5.41) is -0.167. The van der Waals surface area contributed by atoms with E-state index in [1.54, 1.807) is 0 Å². The smallest absolute Gasteiger partial charge is 0.102 e. The maximum absolute atomic E-state index is 4.40. The van der Waals surface area contributed by atoms with Gasteiger partial charge in [0, 0.05) is 12.4 Å². The lowest BCUT2D eigenvalue weighted by Crippen LogP contribution is -2.48. The number of hydrogen-bond donors (Lipinski definition) is 0. The summed E-state index contributed by atoms with van der Waals surface area (Å²) in [5.74, 6) is 0. The zero-order chi connectivity index (χ0) is 17.5. The van der Waals surface area contributed by atoms with Crippen LogP contribution in [0.1, 0.15) is 31.4 Å². The molecule has 0 saturated heterocycles. The molecule has 0 saturated carbocycles. The first kappa shape index (κ1) is 17.4. The highest BCUT2D eigenvalue weighted by molar-refractivity contribution is 6.68. The van der Waals surface area contributed by atoms with Gasteiger partial charge in [-0.05, 0) is 17.5 Å². The minimum atomic E-state index is -1.38. The Labute approximate surface area is 152 Å². The average molecular weight is 347 g/mol. The molecule has 0 fully saturated rings. The minimum Gasteiger partial charge on any atom is -0.326 e. The van der Waals surface area contributed by atoms with Crippen LogP contribution in [0.3, 0.4) is 0 Å². The molecule has 2 nitrogen and oxygen atoms in total. The first-order valence-electron chi connectivity index (χ1n) is 9.10. The molecular formula is C22H26N2Si. The van der Waals surface area contributed by atoms with Crippen LogP contribution < -0.4 is 0 Å². The lowest BCUT2D eigenvalue weighted by molar-refractivity contribution is 0.584. The highest BCUT2D eigenvalue weighted by atomic mass is 28.3. The summed E-state index contributed by atoms with van der Waals surface area (Å²) in [6, 6.07) is 23.0. The van der Waals surface area contributed by atoms with Crippen molar-refractivity contribution in [3.8, 4) is 0 Å². The minimum absolute atomic E-state index is 0.167. The van der Waals surface area contributed by atoms with Crippen LogP contribution in [-0.4, -0.2) is 18.3 Å². The first-order valence-corrected chi connectivity index (χ1v) is 11.2. The van der Waals surface area contributed by atoms with Crippen molar-refractivity contribution in [1.82, 2.24) is 9.55 Å². The van der Waals surface area contributed by atoms with Gasteiger partial charge in [0.2, 0.25) is 0 Å². The molecule has 0 radical (unpaired) electrons. The summed E-state index contributed by atoms with van der Waals surface area (Å²) in [4.78, 5) is 4.40. The van der Waals surface area contributed by atoms with Crippen LogP contribution >= 0.6 is 0 Å². The number of allylic oxidation sites excluding steroid dienone is 1. The number of rotatable bonds is 7. The van der Waals surface area contributed by atoms with Gasteiger partial charge in [-0.2, -0.15) is 0 Å². The van der Waals surface area contributed by atoms with Gasteiger partial charge in [0.1, 0.15) is 8.80 Å². The van der Waals surface area contributed by atoms with Gasteiger partial charge in [0.05, 0.1) is 11.5 Å². The van der Waals surface area contributed by atoms with Crippen molar-refractivity contribution in [3.63, 3.8) is 0 Å². The zero-order valence-electron chi connectivity index (χ0n) is 15.0. The summed E-state index contributed by atoms with van der Waals surface area (Å²) in [7, 11) is -1.38. The second-order valence-corrected chi connectivity index (χ2v) is 9.57. The van der Waals surface area contributed by atoms with Crippen LogP contribution in [0.2, 0.25) is 6.04 Å². The standard InChI is InChI=1S/C22H26N2Si/c1-3-5-18-25(4-2)22(24-17-16-23-19-24,20-12-8-6-9-13-20)21-14-10-7-11-15-21/h5-19,25H,3-4H2,1-2H3. The predicted octanol–water partition coefficient (Wildman–Crippen LogP) is 4.97. The molecule has 25 heavy (non-hydrogen) atoms. The number of benzene rings is 2. The van der Waals surface area contributed by atoms with E-state index in [0.717, 1.165) is 6.42 Å². The van der Waals surface area contributed by atoms with Crippen molar-refractivity contribution >= 4 is 8.80 Å². The molecule has 3 aromatic rings. The van der Waals surface area contributed by atoms with E-state index in [-0.39, 0.29) is 5.16 Å². The lowest BCUT2D eigenvalue weighted by atomic mass is 9.97. The Kier molecular flexibility index (Phi) is 5.66. The lowest BCUT2D eigenvalue weighted by Gasteiger charge is -2.41. The first-order chi connectivity index (χ1) is 12.3. The third-order valence-electron chi connectivity index (χ3n) is 4.92. The van der Waals surface area contributed by atoms with E-state index in [2.05, 4.69) is 102 Å². The fourth-order valence-electron chi connectivity index (χ4n) is 3.81. The molecule has 2 aromatic carbocycles. The topological polar surface area (TPSA) is 17.8 Å². The van der Waals surface area contributed by atoms with E-state index in [4.69, 9.17) is 0 Å². The molecule has 0 N–H and O–H groups in total. The van der Waals surface area contributed by atoms with E-state index < -0.39 is 8.80 Å². The molecule has 1 heterocycles. The largest absolute Gasteiger partial charge is 0.326 e. The Balaban J connectivity index is 2.34. The third-order valence-corrected chi connectivity index (χ3v) is 8.57. The fraction of sp³-hybridized carbons (Fsp3) is 0.227. The van der Waals surface area contributed by atoms with Crippen molar-refractivity contribution in [2.45, 2.75) is 31.5 Å². The quantitative estimate of drug-likeness (QED) is 0.553. The molecule has 0 aliphatic heterocycles. The molecular weight excluding hydrogens is 320 g/mol. The molecule has 1 aromatic heterocycles. The van der Waals surface area contributed by atoms with Crippen molar-refractivity contribution < 1.29 is 0 Å². The molecule has 0 spiro atoms. The van der Waals surface area contributed by atoms with E-state index in [1.807, 2.05) is 12.5 Å². The van der Waals surface area contributed by atoms with Crippen LogP contribution in [0.15, 0.2) is 91.2 Å². The van der Waals surface area contributed by atoms with E-state index in [9.17, 15) is 0 Å². The Morgan fingerprint density at radius 2 is 1.56 bits per heavy atom. The summed E-state index contributed by atoms with van der Waals surface area (Å²) < 4.78 is 2.33. The number of imidazole rings is 1. The Morgan fingerprint density at radius 3 is 2.00 bits per heavy atom. The molecule has 128 valence electrons. The molecule has 1 atom stereocenters. The molecule has 0 amide bonds. The molecule has 1 unspecified atom stereocenters.